The number of carboxylic acid groups (broad SMARTS) is 1. The van der Waals surface area contributed by atoms with E-state index in [0.717, 1.165) is 0 Å². The van der Waals surface area contributed by atoms with E-state index in [4.69, 9.17) is 5.11 Å². The van der Waals surface area contributed by atoms with Gasteiger partial charge in [0.15, 0.2) is 0 Å². The average Bonchev–Trinajstić information content (AvgIpc) is 2.43. The Labute approximate surface area is 123 Å². The Hall–Kier alpha value is -2.11. The predicted octanol–water partition coefficient (Wildman–Crippen LogP) is 2.69. The molecule has 0 saturated heterocycles. The maximum Gasteiger partial charge on any atom is 0.315 e. The van der Waals surface area contributed by atoms with Crippen molar-refractivity contribution in [3.8, 4) is 0 Å². The Bertz CT molecular complexity index is 494. The number of carbonyl (C=O) groups excluding carboxylic acids is 1. The van der Waals surface area contributed by atoms with Crippen molar-refractivity contribution in [1.82, 2.24) is 10.6 Å². The van der Waals surface area contributed by atoms with Crippen molar-refractivity contribution in [3.63, 3.8) is 0 Å². The van der Waals surface area contributed by atoms with E-state index in [0.29, 0.717) is 18.5 Å². The minimum atomic E-state index is -0.848. The van der Waals surface area contributed by atoms with Crippen LogP contribution in [0.1, 0.15) is 38.3 Å². The minimum Gasteiger partial charge on any atom is -0.481 e. The summed E-state index contributed by atoms with van der Waals surface area (Å²) in [5.74, 6) is -1.14. The number of nitrogens with one attached hydrogen (secondary N) is 2. The molecule has 0 bridgehead atoms. The highest BCUT2D eigenvalue weighted by molar-refractivity contribution is 5.74. The number of amides is 2. The summed E-state index contributed by atoms with van der Waals surface area (Å²) in [6.07, 6.45) is 0.578. The normalized spacial score (nSPS) is 13.3. The summed E-state index contributed by atoms with van der Waals surface area (Å²) in [6.45, 7) is 3.94. The van der Waals surface area contributed by atoms with Gasteiger partial charge in [-0.05, 0) is 25.3 Å². The third kappa shape index (κ3) is 6.25. The van der Waals surface area contributed by atoms with E-state index in [2.05, 4.69) is 10.6 Å². The Morgan fingerprint density at radius 2 is 1.95 bits per heavy atom. The standard InChI is InChI=1S/C15H21FN2O3/c1-10(7-8-14(19)20)9-17-15(21)18-11(2)12-5-3-4-6-13(12)16/h3-6,10-11H,7-9H2,1-2H3,(H,19,20)(H2,17,18,21). The topological polar surface area (TPSA) is 78.4 Å². The second kappa shape index (κ2) is 8.24. The van der Waals surface area contributed by atoms with Crippen molar-refractivity contribution in [2.24, 2.45) is 5.92 Å². The quantitative estimate of drug-likeness (QED) is 0.724. The van der Waals surface area contributed by atoms with Crippen LogP contribution in [0.3, 0.4) is 0 Å². The Morgan fingerprint density at radius 3 is 2.57 bits per heavy atom. The van der Waals surface area contributed by atoms with Gasteiger partial charge in [-0.15, -0.1) is 0 Å². The number of urea groups is 1. The smallest absolute Gasteiger partial charge is 0.315 e. The van der Waals surface area contributed by atoms with Crippen LogP contribution in [0.5, 0.6) is 0 Å². The molecule has 2 atom stereocenters. The van der Waals surface area contributed by atoms with Crippen LogP contribution in [0.4, 0.5) is 9.18 Å². The molecule has 1 aromatic rings. The molecule has 0 aliphatic carbocycles. The summed E-state index contributed by atoms with van der Waals surface area (Å²) in [7, 11) is 0. The second-order valence-electron chi connectivity index (χ2n) is 5.14. The van der Waals surface area contributed by atoms with Gasteiger partial charge in [0.25, 0.3) is 0 Å². The Kier molecular flexibility index (Phi) is 6.65. The zero-order valence-electron chi connectivity index (χ0n) is 12.2. The molecule has 116 valence electrons. The first-order chi connectivity index (χ1) is 9.90. The fraction of sp³-hybridized carbons (Fsp3) is 0.467. The third-order valence-corrected chi connectivity index (χ3v) is 3.18. The monoisotopic (exact) mass is 296 g/mol. The van der Waals surface area contributed by atoms with E-state index in [-0.39, 0.29) is 18.2 Å². The molecule has 5 nitrogen and oxygen atoms in total. The van der Waals surface area contributed by atoms with Crippen LogP contribution in [0.25, 0.3) is 0 Å². The van der Waals surface area contributed by atoms with Crippen LogP contribution >= 0.6 is 0 Å². The molecule has 0 heterocycles. The maximum atomic E-state index is 13.6. The third-order valence-electron chi connectivity index (χ3n) is 3.18. The molecular formula is C15H21FN2O3. The fourth-order valence-corrected chi connectivity index (χ4v) is 1.89. The van der Waals surface area contributed by atoms with Crippen LogP contribution in [0.15, 0.2) is 24.3 Å². The molecular weight excluding hydrogens is 275 g/mol. The van der Waals surface area contributed by atoms with Gasteiger partial charge in [-0.3, -0.25) is 4.79 Å². The molecule has 3 N–H and O–H groups in total. The highest BCUT2D eigenvalue weighted by atomic mass is 19.1. The molecule has 0 aromatic heterocycles. The summed E-state index contributed by atoms with van der Waals surface area (Å²) >= 11 is 0. The highest BCUT2D eigenvalue weighted by Gasteiger charge is 2.13. The highest BCUT2D eigenvalue weighted by Crippen LogP contribution is 2.15. The first-order valence-corrected chi connectivity index (χ1v) is 6.90. The summed E-state index contributed by atoms with van der Waals surface area (Å²) in [5, 5.41) is 13.9. The second-order valence-corrected chi connectivity index (χ2v) is 5.14. The van der Waals surface area contributed by atoms with Crippen molar-refractivity contribution >= 4 is 12.0 Å². The minimum absolute atomic E-state index is 0.0654. The number of halogens is 1. The van der Waals surface area contributed by atoms with Crippen molar-refractivity contribution < 1.29 is 19.1 Å². The van der Waals surface area contributed by atoms with Crippen LogP contribution in [0, 0.1) is 11.7 Å². The average molecular weight is 296 g/mol. The lowest BCUT2D eigenvalue weighted by Crippen LogP contribution is -2.39. The molecule has 1 aromatic carbocycles. The molecule has 6 heteroatoms. The van der Waals surface area contributed by atoms with Crippen LogP contribution in [-0.4, -0.2) is 23.7 Å². The van der Waals surface area contributed by atoms with E-state index < -0.39 is 18.0 Å². The largest absolute Gasteiger partial charge is 0.481 e. The zero-order valence-corrected chi connectivity index (χ0v) is 12.2. The van der Waals surface area contributed by atoms with Crippen molar-refractivity contribution in [3.05, 3.63) is 35.6 Å². The predicted molar refractivity (Wildman–Crippen MR) is 77.4 cm³/mol. The van der Waals surface area contributed by atoms with Gasteiger partial charge in [0, 0.05) is 18.5 Å². The van der Waals surface area contributed by atoms with Crippen molar-refractivity contribution in [2.45, 2.75) is 32.7 Å². The Balaban J connectivity index is 2.37. The number of hydrogen-bond acceptors (Lipinski definition) is 2. The lowest BCUT2D eigenvalue weighted by atomic mass is 10.1. The number of rotatable bonds is 7. The van der Waals surface area contributed by atoms with Gasteiger partial charge in [-0.1, -0.05) is 25.1 Å². The number of aliphatic carboxylic acids is 1. The molecule has 0 radical (unpaired) electrons. The molecule has 1 rings (SSSR count). The zero-order chi connectivity index (χ0) is 15.8. The number of carboxylic acids is 1. The number of benzene rings is 1. The molecule has 0 saturated carbocycles. The first-order valence-electron chi connectivity index (χ1n) is 6.90. The molecule has 0 aliphatic rings. The summed E-state index contributed by atoms with van der Waals surface area (Å²) in [4.78, 5) is 22.2. The van der Waals surface area contributed by atoms with E-state index in [1.807, 2.05) is 6.92 Å². The lowest BCUT2D eigenvalue weighted by Gasteiger charge is -2.17. The molecule has 0 spiro atoms. The molecule has 21 heavy (non-hydrogen) atoms. The van der Waals surface area contributed by atoms with E-state index in [9.17, 15) is 14.0 Å². The van der Waals surface area contributed by atoms with Gasteiger partial charge in [0.1, 0.15) is 5.82 Å². The van der Waals surface area contributed by atoms with Crippen LogP contribution in [0.2, 0.25) is 0 Å². The molecule has 0 fully saturated rings. The fourth-order valence-electron chi connectivity index (χ4n) is 1.89. The van der Waals surface area contributed by atoms with Crippen LogP contribution < -0.4 is 10.6 Å². The lowest BCUT2D eigenvalue weighted by molar-refractivity contribution is -0.137. The van der Waals surface area contributed by atoms with Crippen molar-refractivity contribution in [2.75, 3.05) is 6.54 Å². The van der Waals surface area contributed by atoms with Crippen molar-refractivity contribution in [1.29, 1.82) is 0 Å². The molecule has 0 aliphatic heterocycles. The first kappa shape index (κ1) is 16.9. The molecule has 2 amide bonds. The number of hydrogen-bond donors (Lipinski definition) is 3. The summed E-state index contributed by atoms with van der Waals surface area (Å²) < 4.78 is 13.6. The van der Waals surface area contributed by atoms with E-state index >= 15 is 0 Å². The number of carbonyl (C=O) groups is 2. The summed E-state index contributed by atoms with van der Waals surface area (Å²) in [6, 6.07) is 5.43. The van der Waals surface area contributed by atoms with Gasteiger partial charge in [-0.25, -0.2) is 9.18 Å². The Morgan fingerprint density at radius 1 is 1.29 bits per heavy atom. The molecule has 2 unspecified atom stereocenters. The van der Waals surface area contributed by atoms with E-state index in [1.54, 1.807) is 25.1 Å². The van der Waals surface area contributed by atoms with Gasteiger partial charge < -0.3 is 15.7 Å². The van der Waals surface area contributed by atoms with Gasteiger partial charge >= 0.3 is 12.0 Å². The maximum absolute atomic E-state index is 13.6. The van der Waals surface area contributed by atoms with Gasteiger partial charge in [0.05, 0.1) is 6.04 Å². The summed E-state index contributed by atoms with van der Waals surface area (Å²) in [5.41, 5.74) is 0.423. The van der Waals surface area contributed by atoms with Crippen LogP contribution in [-0.2, 0) is 4.79 Å². The van der Waals surface area contributed by atoms with Gasteiger partial charge in [0.2, 0.25) is 0 Å². The SMILES string of the molecule is CC(CCC(=O)O)CNC(=O)NC(C)c1ccccc1F. The van der Waals surface area contributed by atoms with E-state index in [1.165, 1.54) is 6.07 Å². The van der Waals surface area contributed by atoms with Gasteiger partial charge in [-0.2, -0.15) is 0 Å².